The fraction of sp³-hybridized carbons (Fsp3) is 0.125. The van der Waals surface area contributed by atoms with E-state index < -0.39 is 0 Å². The molecule has 0 fully saturated rings. The number of aromatic nitrogens is 1. The molecule has 0 N–H and O–H groups in total. The zero-order chi connectivity index (χ0) is 14.7. The van der Waals surface area contributed by atoms with Gasteiger partial charge in [0.05, 0.1) is 16.8 Å². The van der Waals surface area contributed by atoms with E-state index in [1.807, 2.05) is 29.1 Å². The molecule has 0 unspecified atom stereocenters. The molecule has 0 saturated heterocycles. The van der Waals surface area contributed by atoms with Gasteiger partial charge in [-0.05, 0) is 23.9 Å². The molecule has 2 aromatic heterocycles. The van der Waals surface area contributed by atoms with Crippen LogP contribution >= 0.6 is 22.7 Å². The van der Waals surface area contributed by atoms with Crippen LogP contribution in [0.15, 0.2) is 57.3 Å². The van der Waals surface area contributed by atoms with Crippen LogP contribution in [0, 0.1) is 6.92 Å². The maximum Gasteiger partial charge on any atom is 0.205 e. The molecule has 0 aliphatic heterocycles. The quantitative estimate of drug-likeness (QED) is 0.654. The van der Waals surface area contributed by atoms with Crippen molar-refractivity contribution in [2.45, 2.75) is 6.92 Å². The van der Waals surface area contributed by atoms with Gasteiger partial charge in [0, 0.05) is 18.0 Å². The first-order valence-electron chi connectivity index (χ1n) is 6.57. The number of hydrogen-bond acceptors (Lipinski definition) is 4. The van der Waals surface area contributed by atoms with Gasteiger partial charge in [-0.25, -0.2) is 4.68 Å². The number of benzene rings is 1. The lowest BCUT2D eigenvalue weighted by Gasteiger charge is -2.02. The van der Waals surface area contributed by atoms with E-state index in [0.717, 1.165) is 16.1 Å². The van der Waals surface area contributed by atoms with Crippen LogP contribution in [-0.2, 0) is 0 Å². The van der Waals surface area contributed by atoms with Gasteiger partial charge in [0.1, 0.15) is 0 Å². The first-order chi connectivity index (χ1) is 10.3. The average Bonchev–Trinajstić information content (AvgIpc) is 3.11. The summed E-state index contributed by atoms with van der Waals surface area (Å²) >= 11 is 3.30. The second-order valence-electron chi connectivity index (χ2n) is 4.52. The van der Waals surface area contributed by atoms with E-state index in [2.05, 4.69) is 46.0 Å². The highest BCUT2D eigenvalue weighted by Crippen LogP contribution is 2.20. The molecule has 0 aliphatic carbocycles. The van der Waals surface area contributed by atoms with E-state index in [0.29, 0.717) is 0 Å². The molecule has 3 nitrogen and oxygen atoms in total. The molecule has 0 aliphatic rings. The van der Waals surface area contributed by atoms with Crippen molar-refractivity contribution in [1.29, 1.82) is 0 Å². The Morgan fingerprint density at radius 1 is 1.10 bits per heavy atom. The van der Waals surface area contributed by atoms with Crippen LogP contribution in [0.2, 0.25) is 0 Å². The molecule has 0 amide bonds. The molecule has 0 spiro atoms. The fourth-order valence-electron chi connectivity index (χ4n) is 2.00. The van der Waals surface area contributed by atoms with Crippen molar-refractivity contribution in [2.24, 2.45) is 10.1 Å². The molecule has 3 rings (SSSR count). The summed E-state index contributed by atoms with van der Waals surface area (Å²) in [5.74, 6) is 0. The Morgan fingerprint density at radius 3 is 2.57 bits per heavy atom. The van der Waals surface area contributed by atoms with Gasteiger partial charge in [-0.3, -0.25) is 4.99 Å². The van der Waals surface area contributed by atoms with Crippen molar-refractivity contribution in [3.8, 4) is 11.3 Å². The first-order valence-corrected chi connectivity index (χ1v) is 8.33. The van der Waals surface area contributed by atoms with E-state index in [9.17, 15) is 0 Å². The second kappa shape index (κ2) is 6.20. The minimum Gasteiger partial charge on any atom is -0.261 e. The maximum atomic E-state index is 4.64. The number of aryl methyl sites for hydroxylation is 1. The highest BCUT2D eigenvalue weighted by molar-refractivity contribution is 7.11. The lowest BCUT2D eigenvalue weighted by molar-refractivity contribution is 0.849. The van der Waals surface area contributed by atoms with Gasteiger partial charge in [-0.2, -0.15) is 5.10 Å². The summed E-state index contributed by atoms with van der Waals surface area (Å²) in [6, 6.07) is 12.4. The molecule has 0 atom stereocenters. The molecular weight excluding hydrogens is 298 g/mol. The zero-order valence-corrected chi connectivity index (χ0v) is 13.5. The van der Waals surface area contributed by atoms with Gasteiger partial charge < -0.3 is 0 Å². The minimum absolute atomic E-state index is 0.888. The van der Waals surface area contributed by atoms with Crippen LogP contribution in [0.5, 0.6) is 0 Å². The molecule has 5 heteroatoms. The molecule has 0 bridgehead atoms. The van der Waals surface area contributed by atoms with Crippen molar-refractivity contribution in [3.63, 3.8) is 0 Å². The van der Waals surface area contributed by atoms with Crippen molar-refractivity contribution < 1.29 is 0 Å². The second-order valence-corrected chi connectivity index (χ2v) is 6.30. The van der Waals surface area contributed by atoms with Gasteiger partial charge >= 0.3 is 0 Å². The van der Waals surface area contributed by atoms with E-state index in [-0.39, 0.29) is 0 Å². The van der Waals surface area contributed by atoms with Gasteiger partial charge in [-0.15, -0.1) is 22.7 Å². The molecule has 21 heavy (non-hydrogen) atoms. The predicted molar refractivity (Wildman–Crippen MR) is 91.3 cm³/mol. The third-order valence-corrected chi connectivity index (χ3v) is 5.00. The summed E-state index contributed by atoms with van der Waals surface area (Å²) in [5.41, 5.74) is 3.45. The Kier molecular flexibility index (Phi) is 4.13. The van der Waals surface area contributed by atoms with E-state index >= 15 is 0 Å². The summed E-state index contributed by atoms with van der Waals surface area (Å²) in [5, 5.41) is 8.81. The van der Waals surface area contributed by atoms with Crippen molar-refractivity contribution >= 4 is 28.9 Å². The minimum atomic E-state index is 0.888. The summed E-state index contributed by atoms with van der Waals surface area (Å²) in [6.45, 7) is 2.10. The van der Waals surface area contributed by atoms with E-state index in [1.54, 1.807) is 29.7 Å². The standard InChI is InChI=1S/C16H15N3S2/c1-12-8-9-20-15(12)10-18-19-14(11-21-16(19)17-2)13-6-4-3-5-7-13/h3-11H,1-2H3/b17-16?,18-10-. The molecule has 3 aromatic rings. The van der Waals surface area contributed by atoms with E-state index in [4.69, 9.17) is 0 Å². The molecule has 1 aromatic carbocycles. The number of nitrogens with zero attached hydrogens (tertiary/aromatic N) is 3. The molecule has 0 radical (unpaired) electrons. The highest BCUT2D eigenvalue weighted by atomic mass is 32.1. The van der Waals surface area contributed by atoms with Crippen molar-refractivity contribution in [2.75, 3.05) is 7.05 Å². The molecule has 0 saturated carbocycles. The number of thiophene rings is 1. The summed E-state index contributed by atoms with van der Waals surface area (Å²) < 4.78 is 1.90. The molecular formula is C16H15N3S2. The Balaban J connectivity index is 2.07. The lowest BCUT2D eigenvalue weighted by Crippen LogP contribution is -2.11. The predicted octanol–water partition coefficient (Wildman–Crippen LogP) is 4.00. The van der Waals surface area contributed by atoms with Gasteiger partial charge in [0.15, 0.2) is 0 Å². The average molecular weight is 313 g/mol. The SMILES string of the molecule is CN=c1scc(-c2ccccc2)n1/N=C\c1sccc1C. The van der Waals surface area contributed by atoms with Crippen molar-refractivity contribution in [3.05, 3.63) is 62.4 Å². The normalized spacial score (nSPS) is 12.4. The summed E-state index contributed by atoms with van der Waals surface area (Å²) in [4.78, 5) is 6.37. The largest absolute Gasteiger partial charge is 0.261 e. The van der Waals surface area contributed by atoms with Crippen molar-refractivity contribution in [1.82, 2.24) is 4.68 Å². The van der Waals surface area contributed by atoms with E-state index in [1.165, 1.54) is 10.4 Å². The third kappa shape index (κ3) is 2.89. The zero-order valence-electron chi connectivity index (χ0n) is 11.9. The van der Waals surface area contributed by atoms with Crippen LogP contribution in [0.25, 0.3) is 11.3 Å². The van der Waals surface area contributed by atoms with Gasteiger partial charge in [0.25, 0.3) is 0 Å². The number of thiazole rings is 1. The third-order valence-electron chi connectivity index (χ3n) is 3.14. The maximum absolute atomic E-state index is 4.64. The smallest absolute Gasteiger partial charge is 0.205 e. The lowest BCUT2D eigenvalue weighted by atomic mass is 10.2. The number of rotatable bonds is 3. The van der Waals surface area contributed by atoms with Crippen LogP contribution in [0.4, 0.5) is 0 Å². The molecule has 106 valence electrons. The molecule has 2 heterocycles. The number of hydrogen-bond donors (Lipinski definition) is 0. The highest BCUT2D eigenvalue weighted by Gasteiger charge is 2.06. The topological polar surface area (TPSA) is 29.6 Å². The van der Waals surface area contributed by atoms with Crippen LogP contribution in [0.1, 0.15) is 10.4 Å². The first kappa shape index (κ1) is 14.0. The summed E-state index contributed by atoms with van der Waals surface area (Å²) in [6.07, 6.45) is 1.91. The van der Waals surface area contributed by atoms with Gasteiger partial charge in [0.2, 0.25) is 4.80 Å². The van der Waals surface area contributed by atoms with Crippen LogP contribution in [-0.4, -0.2) is 17.9 Å². The van der Waals surface area contributed by atoms with Crippen LogP contribution < -0.4 is 4.80 Å². The fourth-order valence-corrected chi connectivity index (χ4v) is 3.58. The Hall–Kier alpha value is -1.98. The van der Waals surface area contributed by atoms with Crippen LogP contribution in [0.3, 0.4) is 0 Å². The Morgan fingerprint density at radius 2 is 1.90 bits per heavy atom. The Bertz CT molecular complexity index is 823. The Labute approximate surface area is 131 Å². The summed E-state index contributed by atoms with van der Waals surface area (Å²) in [7, 11) is 1.79. The monoisotopic (exact) mass is 313 g/mol. The van der Waals surface area contributed by atoms with Gasteiger partial charge in [-0.1, -0.05) is 30.3 Å².